The Morgan fingerprint density at radius 1 is 0.333 bits per heavy atom. The van der Waals surface area contributed by atoms with Crippen molar-refractivity contribution in [2.24, 2.45) is 0 Å². The van der Waals surface area contributed by atoms with E-state index in [1.807, 2.05) is 30.3 Å². The van der Waals surface area contributed by atoms with Crippen molar-refractivity contribution in [2.45, 2.75) is 0 Å². The molecule has 10 rings (SSSR count). The zero-order chi connectivity index (χ0) is 38.1. The van der Waals surface area contributed by atoms with Gasteiger partial charge in [-0.15, -0.1) is 0 Å². The van der Waals surface area contributed by atoms with Gasteiger partial charge in [-0.05, 0) is 95.4 Å². The smallest absolute Gasteiger partial charge is 0.136 e. The van der Waals surface area contributed by atoms with Crippen LogP contribution in [0.3, 0.4) is 0 Å². The Balaban J connectivity index is 1.09. The van der Waals surface area contributed by atoms with Crippen molar-refractivity contribution < 1.29 is 11.3 Å². The first-order valence-corrected chi connectivity index (χ1v) is 17.1. The molecule has 0 saturated carbocycles. The highest BCUT2D eigenvalue weighted by atomic mass is 16.3. The fourth-order valence-electron chi connectivity index (χ4n) is 7.63. The number of furan rings is 1. The fraction of sp³-hybridized carbons (Fsp3) is 0. The first-order chi connectivity index (χ1) is 27.4. The molecule has 51 heavy (non-hydrogen) atoms. The minimum absolute atomic E-state index is 0.203. The van der Waals surface area contributed by atoms with Crippen molar-refractivity contribution in [1.29, 1.82) is 0 Å². The molecule has 1 nitrogen and oxygen atoms in total. The largest absolute Gasteiger partial charge is 0.456 e. The number of rotatable bonds is 5. The molecule has 0 aliphatic heterocycles. The van der Waals surface area contributed by atoms with Crippen molar-refractivity contribution in [3.8, 4) is 55.6 Å². The van der Waals surface area contributed by atoms with Gasteiger partial charge in [-0.25, -0.2) is 0 Å². The van der Waals surface area contributed by atoms with Crippen molar-refractivity contribution >= 4 is 43.5 Å². The molecule has 0 aliphatic rings. The third-order valence-electron chi connectivity index (χ3n) is 9.99. The molecule has 0 amide bonds. The second-order valence-corrected chi connectivity index (χ2v) is 12.9. The molecule has 1 heterocycles. The Morgan fingerprint density at radius 2 is 0.843 bits per heavy atom. The van der Waals surface area contributed by atoms with Crippen LogP contribution in [0.25, 0.3) is 99.1 Å². The van der Waals surface area contributed by atoms with Gasteiger partial charge in [-0.1, -0.05) is 176 Å². The summed E-state index contributed by atoms with van der Waals surface area (Å²) in [7, 11) is 0. The van der Waals surface area contributed by atoms with Gasteiger partial charge in [-0.3, -0.25) is 0 Å². The minimum atomic E-state index is -0.391. The van der Waals surface area contributed by atoms with Crippen LogP contribution >= 0.6 is 0 Å². The highest BCUT2D eigenvalue weighted by molar-refractivity contribution is 6.25. The van der Waals surface area contributed by atoms with E-state index in [9.17, 15) is 0 Å². The third-order valence-corrected chi connectivity index (χ3v) is 9.99. The van der Waals surface area contributed by atoms with E-state index >= 15 is 0 Å². The predicted octanol–water partition coefficient (Wildman–Crippen LogP) is 14.2. The van der Waals surface area contributed by atoms with Crippen LogP contribution in [0.1, 0.15) is 6.85 Å². The first kappa shape index (κ1) is 24.4. The quantitative estimate of drug-likeness (QED) is 0.169. The summed E-state index contributed by atoms with van der Waals surface area (Å²) in [5.74, 6) is 0. The lowest BCUT2D eigenvalue weighted by molar-refractivity contribution is 0.669. The molecule has 0 aliphatic carbocycles. The molecule has 0 fully saturated rings. The summed E-state index contributed by atoms with van der Waals surface area (Å²) >= 11 is 0. The molecular weight excluding hydrogens is 617 g/mol. The van der Waals surface area contributed by atoms with Gasteiger partial charge in [-0.2, -0.15) is 0 Å². The third kappa shape index (κ3) is 4.94. The highest BCUT2D eigenvalue weighted by Gasteiger charge is 2.20. The molecule has 0 saturated heterocycles. The molecule has 238 valence electrons. The average molecular weight is 654 g/mol. The van der Waals surface area contributed by atoms with Crippen molar-refractivity contribution in [3.05, 3.63) is 194 Å². The molecule has 0 unspecified atom stereocenters. The van der Waals surface area contributed by atoms with Crippen molar-refractivity contribution in [3.63, 3.8) is 0 Å². The predicted molar refractivity (Wildman–Crippen MR) is 216 cm³/mol. The van der Waals surface area contributed by atoms with Gasteiger partial charge in [0.2, 0.25) is 0 Å². The van der Waals surface area contributed by atoms with Gasteiger partial charge in [0, 0.05) is 10.8 Å². The van der Waals surface area contributed by atoms with E-state index in [0.717, 1.165) is 76.9 Å². The number of hydrogen-bond acceptors (Lipinski definition) is 1. The van der Waals surface area contributed by atoms with Crippen LogP contribution in [-0.4, -0.2) is 0 Å². The fourth-order valence-corrected chi connectivity index (χ4v) is 7.63. The summed E-state index contributed by atoms with van der Waals surface area (Å²) in [6.07, 6.45) is 0. The lowest BCUT2D eigenvalue weighted by Crippen LogP contribution is -1.91. The highest BCUT2D eigenvalue weighted by Crippen LogP contribution is 2.47. The number of hydrogen-bond donors (Lipinski definition) is 0. The summed E-state index contributed by atoms with van der Waals surface area (Å²) in [5.41, 5.74) is 11.3. The maximum atomic E-state index is 8.39. The summed E-state index contributed by atoms with van der Waals surface area (Å²) in [6.45, 7) is 0. The van der Waals surface area contributed by atoms with E-state index in [1.54, 1.807) is 0 Å². The molecule has 0 bridgehead atoms. The Labute approximate surface area is 303 Å². The topological polar surface area (TPSA) is 13.1 Å². The number of benzene rings is 9. The normalized spacial score (nSPS) is 12.9. The molecule has 0 spiro atoms. The van der Waals surface area contributed by atoms with Crippen LogP contribution in [0.4, 0.5) is 0 Å². The van der Waals surface area contributed by atoms with Gasteiger partial charge in [0.15, 0.2) is 0 Å². The summed E-state index contributed by atoms with van der Waals surface area (Å²) in [5, 5.41) is 6.84. The van der Waals surface area contributed by atoms with Crippen molar-refractivity contribution in [1.82, 2.24) is 0 Å². The standard InChI is InChI=1S/C50H32O/c1-3-12-33(13-4-1)35-22-24-36(25-23-35)37-26-28-38(29-27-37)48-40-16-7-9-18-42(40)49(43-19-10-8-17-41(43)48)45-20-11-21-46-50(45)44-31-30-39(32-47(44)51-46)34-14-5-2-6-15-34/h1-32H/i1D,3D,4D,12D,13D. The van der Waals surface area contributed by atoms with Crippen LogP contribution in [0, 0.1) is 0 Å². The maximum absolute atomic E-state index is 8.39. The number of fused-ring (bicyclic) bond motifs is 5. The average Bonchev–Trinajstić information content (AvgIpc) is 3.63. The molecular formula is C50H32O. The van der Waals surface area contributed by atoms with Crippen LogP contribution in [0.15, 0.2) is 198 Å². The van der Waals surface area contributed by atoms with Crippen LogP contribution < -0.4 is 0 Å². The maximum Gasteiger partial charge on any atom is 0.136 e. The van der Waals surface area contributed by atoms with Crippen molar-refractivity contribution in [2.75, 3.05) is 0 Å². The van der Waals surface area contributed by atoms with Gasteiger partial charge in [0.1, 0.15) is 11.2 Å². The van der Waals surface area contributed by atoms with E-state index in [-0.39, 0.29) is 29.7 Å². The summed E-state index contributed by atoms with van der Waals surface area (Å²) in [6, 6.07) is 55.2. The Kier molecular flexibility index (Phi) is 5.76. The molecule has 0 radical (unpaired) electrons. The van der Waals surface area contributed by atoms with E-state index in [2.05, 4.69) is 133 Å². The lowest BCUT2D eigenvalue weighted by atomic mass is 9.84. The van der Waals surface area contributed by atoms with E-state index in [0.29, 0.717) is 5.56 Å². The summed E-state index contributed by atoms with van der Waals surface area (Å²) in [4.78, 5) is 0. The molecule has 9 aromatic carbocycles. The van der Waals surface area contributed by atoms with Crippen LogP contribution in [0.5, 0.6) is 0 Å². The second kappa shape index (κ2) is 12.0. The molecule has 1 aromatic heterocycles. The Hall–Kier alpha value is -6.70. The van der Waals surface area contributed by atoms with E-state index in [1.165, 1.54) is 11.1 Å². The second-order valence-electron chi connectivity index (χ2n) is 12.9. The Morgan fingerprint density at radius 3 is 1.47 bits per heavy atom. The zero-order valence-corrected chi connectivity index (χ0v) is 27.5. The van der Waals surface area contributed by atoms with Crippen LogP contribution in [0.2, 0.25) is 0 Å². The Bertz CT molecular complexity index is 3080. The summed E-state index contributed by atoms with van der Waals surface area (Å²) < 4.78 is 47.4. The zero-order valence-electron chi connectivity index (χ0n) is 32.5. The SMILES string of the molecule is [2H]c1c([2H])c([2H])c(-c2ccc(-c3ccc(-c4c5ccccc5c(-c5cccc6oc7cc(-c8ccccc8)ccc7c56)c5ccccc45)cc3)cc2)c([2H])c1[2H]. The monoisotopic (exact) mass is 653 g/mol. The van der Waals surface area contributed by atoms with E-state index in [4.69, 9.17) is 11.3 Å². The van der Waals surface area contributed by atoms with Crippen LogP contribution in [-0.2, 0) is 0 Å². The minimum Gasteiger partial charge on any atom is -0.456 e. The van der Waals surface area contributed by atoms with Gasteiger partial charge in [0.05, 0.1) is 6.85 Å². The van der Waals surface area contributed by atoms with Gasteiger partial charge >= 0.3 is 0 Å². The van der Waals surface area contributed by atoms with Gasteiger partial charge < -0.3 is 4.42 Å². The molecule has 0 atom stereocenters. The molecule has 10 aromatic rings. The molecule has 1 heteroatoms. The molecule has 0 N–H and O–H groups in total. The lowest BCUT2D eigenvalue weighted by Gasteiger charge is -2.18. The first-order valence-electron chi connectivity index (χ1n) is 19.6. The van der Waals surface area contributed by atoms with E-state index < -0.39 is 6.04 Å². The van der Waals surface area contributed by atoms with Gasteiger partial charge in [0.25, 0.3) is 0 Å².